The number of anilines is 1. The van der Waals surface area contributed by atoms with Gasteiger partial charge in [-0.15, -0.1) is 0 Å². The predicted molar refractivity (Wildman–Crippen MR) is 70.1 cm³/mol. The summed E-state index contributed by atoms with van der Waals surface area (Å²) in [5.41, 5.74) is 7.93. The monoisotopic (exact) mass is 259 g/mol. The Hall–Kier alpha value is -2.43. The summed E-state index contributed by atoms with van der Waals surface area (Å²) in [6.07, 6.45) is 0. The van der Waals surface area contributed by atoms with Crippen LogP contribution in [0.25, 0.3) is 16.7 Å². The van der Waals surface area contributed by atoms with Crippen molar-refractivity contribution in [3.8, 4) is 5.69 Å². The zero-order valence-corrected chi connectivity index (χ0v) is 10.2. The Kier molecular flexibility index (Phi) is 2.48. The molecule has 0 saturated carbocycles. The van der Waals surface area contributed by atoms with E-state index in [0.29, 0.717) is 11.2 Å². The highest BCUT2D eigenvalue weighted by Crippen LogP contribution is 2.26. The van der Waals surface area contributed by atoms with E-state index in [2.05, 4.69) is 4.98 Å². The lowest BCUT2D eigenvalue weighted by Crippen LogP contribution is -2.03. The lowest BCUT2D eigenvalue weighted by Gasteiger charge is -2.10. The number of hydrogen-bond acceptors (Lipinski definition) is 2. The second-order valence-electron chi connectivity index (χ2n) is 4.34. The van der Waals surface area contributed by atoms with Crippen molar-refractivity contribution in [1.82, 2.24) is 9.55 Å². The lowest BCUT2D eigenvalue weighted by molar-refractivity contribution is 0.626. The average molecular weight is 259 g/mol. The minimum absolute atomic E-state index is 0.133. The zero-order valence-electron chi connectivity index (χ0n) is 10.2. The maximum absolute atomic E-state index is 13.7. The van der Waals surface area contributed by atoms with Crippen LogP contribution in [0.4, 0.5) is 14.7 Å². The van der Waals surface area contributed by atoms with Crippen molar-refractivity contribution < 1.29 is 8.78 Å². The predicted octanol–water partition coefficient (Wildman–Crippen LogP) is 3.19. The highest BCUT2D eigenvalue weighted by atomic mass is 19.1. The van der Waals surface area contributed by atoms with Crippen LogP contribution in [0.15, 0.2) is 36.4 Å². The number of nitrogens with zero attached hydrogens (tertiary/aromatic N) is 2. The molecule has 0 radical (unpaired) electrons. The van der Waals surface area contributed by atoms with Crippen LogP contribution < -0.4 is 5.73 Å². The molecular formula is C14H11F2N3. The smallest absolute Gasteiger partial charge is 0.206 e. The summed E-state index contributed by atoms with van der Waals surface area (Å²) in [6.45, 7) is 1.83. The number of rotatable bonds is 1. The van der Waals surface area contributed by atoms with E-state index in [1.165, 1.54) is 18.2 Å². The second kappa shape index (κ2) is 4.05. The molecule has 0 aliphatic rings. The molecule has 0 amide bonds. The molecular weight excluding hydrogens is 248 g/mol. The molecule has 5 heteroatoms. The van der Waals surface area contributed by atoms with Gasteiger partial charge in [0.1, 0.15) is 11.3 Å². The van der Waals surface area contributed by atoms with Gasteiger partial charge in [0.2, 0.25) is 5.95 Å². The third-order valence-corrected chi connectivity index (χ3v) is 3.07. The van der Waals surface area contributed by atoms with Crippen LogP contribution in [0.5, 0.6) is 0 Å². The molecule has 0 bridgehead atoms. The summed E-state index contributed by atoms with van der Waals surface area (Å²) < 4.78 is 28.6. The van der Waals surface area contributed by atoms with E-state index in [-0.39, 0.29) is 17.3 Å². The van der Waals surface area contributed by atoms with Crippen LogP contribution in [0, 0.1) is 18.6 Å². The quantitative estimate of drug-likeness (QED) is 0.729. The minimum Gasteiger partial charge on any atom is -0.369 e. The number of fused-ring (bicyclic) bond motifs is 1. The first-order valence-corrected chi connectivity index (χ1v) is 5.77. The van der Waals surface area contributed by atoms with Crippen LogP contribution in [0.3, 0.4) is 0 Å². The fourth-order valence-electron chi connectivity index (χ4n) is 2.16. The maximum atomic E-state index is 13.7. The van der Waals surface area contributed by atoms with Crippen LogP contribution in [0.1, 0.15) is 5.56 Å². The molecule has 2 N–H and O–H groups in total. The van der Waals surface area contributed by atoms with Crippen molar-refractivity contribution in [2.45, 2.75) is 6.92 Å². The van der Waals surface area contributed by atoms with Gasteiger partial charge in [-0.3, -0.25) is 4.57 Å². The Balaban J connectivity index is 2.39. The van der Waals surface area contributed by atoms with Gasteiger partial charge in [-0.1, -0.05) is 12.1 Å². The van der Waals surface area contributed by atoms with E-state index >= 15 is 0 Å². The largest absolute Gasteiger partial charge is 0.369 e. The Morgan fingerprint density at radius 3 is 2.74 bits per heavy atom. The zero-order chi connectivity index (χ0) is 13.6. The molecule has 0 aliphatic heterocycles. The molecule has 2 aromatic carbocycles. The number of nitrogens with two attached hydrogens (primary N) is 1. The Morgan fingerprint density at radius 2 is 1.95 bits per heavy atom. The van der Waals surface area contributed by atoms with Gasteiger partial charge in [0, 0.05) is 0 Å². The molecule has 0 unspecified atom stereocenters. The van der Waals surface area contributed by atoms with Gasteiger partial charge in [-0.05, 0) is 36.8 Å². The van der Waals surface area contributed by atoms with Crippen LogP contribution in [-0.2, 0) is 0 Å². The summed E-state index contributed by atoms with van der Waals surface area (Å²) in [4.78, 5) is 4.00. The van der Waals surface area contributed by atoms with Crippen molar-refractivity contribution >= 4 is 17.0 Å². The normalized spacial score (nSPS) is 11.1. The molecule has 19 heavy (non-hydrogen) atoms. The molecule has 0 spiro atoms. The van der Waals surface area contributed by atoms with Gasteiger partial charge in [0.15, 0.2) is 5.82 Å². The topological polar surface area (TPSA) is 43.8 Å². The summed E-state index contributed by atoms with van der Waals surface area (Å²) in [5, 5.41) is 0. The number of aryl methyl sites for hydroxylation is 1. The SMILES string of the molecule is Cc1ccc(F)cc1-n1c(N)nc2c(F)cccc21. The molecule has 3 rings (SSSR count). The third kappa shape index (κ3) is 1.74. The van der Waals surface area contributed by atoms with Crippen molar-refractivity contribution in [3.05, 3.63) is 53.6 Å². The molecule has 3 nitrogen and oxygen atoms in total. The molecule has 0 aliphatic carbocycles. The number of hydrogen-bond donors (Lipinski definition) is 1. The van der Waals surface area contributed by atoms with Crippen molar-refractivity contribution in [3.63, 3.8) is 0 Å². The van der Waals surface area contributed by atoms with Crippen LogP contribution in [0.2, 0.25) is 0 Å². The molecule has 96 valence electrons. The summed E-state index contributed by atoms with van der Waals surface area (Å²) >= 11 is 0. The molecule has 1 aromatic heterocycles. The van der Waals surface area contributed by atoms with Gasteiger partial charge in [0.25, 0.3) is 0 Å². The lowest BCUT2D eigenvalue weighted by atomic mass is 10.2. The number of nitrogen functional groups attached to an aromatic ring is 1. The third-order valence-electron chi connectivity index (χ3n) is 3.07. The van der Waals surface area contributed by atoms with Gasteiger partial charge in [-0.2, -0.15) is 0 Å². The van der Waals surface area contributed by atoms with Gasteiger partial charge < -0.3 is 5.73 Å². The standard InChI is InChI=1S/C14H11F2N3/c1-8-5-6-9(15)7-12(8)19-11-4-2-3-10(16)13(11)18-14(19)17/h2-7H,1H3,(H2,17,18). The minimum atomic E-state index is -0.447. The van der Waals surface area contributed by atoms with Crippen LogP contribution in [-0.4, -0.2) is 9.55 Å². The van der Waals surface area contributed by atoms with E-state index in [1.807, 2.05) is 6.92 Å². The summed E-state index contributed by atoms with van der Waals surface area (Å²) in [5.74, 6) is -0.691. The van der Waals surface area contributed by atoms with Gasteiger partial charge in [0.05, 0.1) is 11.2 Å². The van der Waals surface area contributed by atoms with E-state index in [1.54, 1.807) is 22.8 Å². The molecule has 1 heterocycles. The molecule has 0 atom stereocenters. The molecule has 0 saturated heterocycles. The Labute approximate surface area is 108 Å². The molecule has 3 aromatic rings. The highest BCUT2D eigenvalue weighted by Gasteiger charge is 2.14. The van der Waals surface area contributed by atoms with E-state index in [0.717, 1.165) is 5.56 Å². The average Bonchev–Trinajstić information content (AvgIpc) is 2.70. The summed E-state index contributed by atoms with van der Waals surface area (Å²) in [7, 11) is 0. The number of benzene rings is 2. The Bertz CT molecular complexity index is 778. The first-order valence-electron chi connectivity index (χ1n) is 5.77. The number of halogens is 2. The van der Waals surface area contributed by atoms with E-state index in [4.69, 9.17) is 5.73 Å². The number of para-hydroxylation sites is 1. The fourth-order valence-corrected chi connectivity index (χ4v) is 2.16. The van der Waals surface area contributed by atoms with E-state index in [9.17, 15) is 8.78 Å². The second-order valence-corrected chi connectivity index (χ2v) is 4.34. The van der Waals surface area contributed by atoms with Crippen LogP contribution >= 0.6 is 0 Å². The van der Waals surface area contributed by atoms with Gasteiger partial charge >= 0.3 is 0 Å². The number of imidazole rings is 1. The molecule has 0 fully saturated rings. The number of aromatic nitrogens is 2. The fraction of sp³-hybridized carbons (Fsp3) is 0.0714. The highest BCUT2D eigenvalue weighted by molar-refractivity contribution is 5.81. The van der Waals surface area contributed by atoms with Gasteiger partial charge in [-0.25, -0.2) is 13.8 Å². The maximum Gasteiger partial charge on any atom is 0.206 e. The Morgan fingerprint density at radius 1 is 1.16 bits per heavy atom. The van der Waals surface area contributed by atoms with Crippen molar-refractivity contribution in [1.29, 1.82) is 0 Å². The van der Waals surface area contributed by atoms with Crippen molar-refractivity contribution in [2.75, 3.05) is 5.73 Å². The van der Waals surface area contributed by atoms with Crippen molar-refractivity contribution in [2.24, 2.45) is 0 Å². The first-order chi connectivity index (χ1) is 9.08. The first kappa shape index (κ1) is 11.6. The van der Waals surface area contributed by atoms with E-state index < -0.39 is 5.82 Å². The summed E-state index contributed by atoms with van der Waals surface area (Å²) in [6, 6.07) is 8.97.